The minimum Gasteiger partial charge on any atom is -0.497 e. The number of hydrogen-bond donors (Lipinski definition) is 0. The van der Waals surface area contributed by atoms with Gasteiger partial charge in [-0.15, -0.1) is 0 Å². The summed E-state index contributed by atoms with van der Waals surface area (Å²) in [6.45, 7) is 1.80. The van der Waals surface area contributed by atoms with Crippen LogP contribution < -0.4 is 14.2 Å². The van der Waals surface area contributed by atoms with E-state index in [1.54, 1.807) is 7.11 Å². The Bertz CT molecular complexity index is 623. The fourth-order valence-corrected chi connectivity index (χ4v) is 1.92. The third kappa shape index (κ3) is 3.51. The van der Waals surface area contributed by atoms with E-state index in [2.05, 4.69) is 4.98 Å². The molecule has 0 bridgehead atoms. The molecule has 0 atom stereocenters. The van der Waals surface area contributed by atoms with Gasteiger partial charge in [-0.1, -0.05) is 12.1 Å². The summed E-state index contributed by atoms with van der Waals surface area (Å²) in [4.78, 5) is 15.8. The first kappa shape index (κ1) is 14.8. The number of carbonyl (C=O) groups excluding carboxylic acids is 1. The zero-order valence-corrected chi connectivity index (χ0v) is 12.3. The minimum atomic E-state index is -0.126. The number of carbonyl (C=O) groups is 1. The van der Waals surface area contributed by atoms with Gasteiger partial charge in [0.15, 0.2) is 17.3 Å². The topological polar surface area (TPSA) is 57.6 Å². The first-order valence-electron chi connectivity index (χ1n) is 6.44. The number of Topliss-reactive ketones (excluding diaryl/α,β-unsaturated/α-hetero) is 1. The lowest BCUT2D eigenvalue weighted by molar-refractivity contribution is 0.101. The van der Waals surface area contributed by atoms with E-state index in [4.69, 9.17) is 14.2 Å². The standard InChI is InChI=1S/C16H17NO4/c1-11(18)16-14(20-3)8-17-9-15(16)21-10-12-4-6-13(19-2)7-5-12/h4-9H,10H2,1-3H3. The lowest BCUT2D eigenvalue weighted by Crippen LogP contribution is -2.05. The molecule has 0 aliphatic rings. The summed E-state index contributed by atoms with van der Waals surface area (Å²) in [6, 6.07) is 7.52. The third-order valence-corrected chi connectivity index (χ3v) is 3.00. The number of ether oxygens (including phenoxy) is 3. The molecule has 0 unspecified atom stereocenters. The Morgan fingerprint density at radius 1 is 1.05 bits per heavy atom. The van der Waals surface area contributed by atoms with Crippen LogP contribution in [0.5, 0.6) is 17.2 Å². The Balaban J connectivity index is 2.17. The van der Waals surface area contributed by atoms with Gasteiger partial charge in [0.05, 0.1) is 26.6 Å². The van der Waals surface area contributed by atoms with Gasteiger partial charge in [-0.2, -0.15) is 0 Å². The van der Waals surface area contributed by atoms with Crippen molar-refractivity contribution in [2.45, 2.75) is 13.5 Å². The van der Waals surface area contributed by atoms with Crippen LogP contribution in [0.2, 0.25) is 0 Å². The zero-order chi connectivity index (χ0) is 15.2. The molecule has 5 heteroatoms. The van der Waals surface area contributed by atoms with Crippen molar-refractivity contribution < 1.29 is 19.0 Å². The molecule has 0 N–H and O–H groups in total. The smallest absolute Gasteiger partial charge is 0.167 e. The molecule has 1 aromatic heterocycles. The van der Waals surface area contributed by atoms with E-state index in [9.17, 15) is 4.79 Å². The number of nitrogens with zero attached hydrogens (tertiary/aromatic N) is 1. The highest BCUT2D eigenvalue weighted by atomic mass is 16.5. The van der Waals surface area contributed by atoms with Crippen molar-refractivity contribution in [3.8, 4) is 17.2 Å². The van der Waals surface area contributed by atoms with Gasteiger partial charge >= 0.3 is 0 Å². The van der Waals surface area contributed by atoms with Crippen molar-refractivity contribution >= 4 is 5.78 Å². The maximum atomic E-state index is 11.7. The van der Waals surface area contributed by atoms with E-state index in [1.807, 2.05) is 24.3 Å². The predicted molar refractivity (Wildman–Crippen MR) is 78.1 cm³/mol. The molecular weight excluding hydrogens is 270 g/mol. The van der Waals surface area contributed by atoms with Gasteiger partial charge in [0.25, 0.3) is 0 Å². The molecule has 1 heterocycles. The predicted octanol–water partition coefficient (Wildman–Crippen LogP) is 2.88. The molecule has 0 aliphatic heterocycles. The Labute approximate surface area is 123 Å². The van der Waals surface area contributed by atoms with Gasteiger partial charge in [-0.25, -0.2) is 0 Å². The summed E-state index contributed by atoms with van der Waals surface area (Å²) in [7, 11) is 3.11. The molecule has 0 saturated carbocycles. The van der Waals surface area contributed by atoms with E-state index in [0.29, 0.717) is 23.7 Å². The maximum Gasteiger partial charge on any atom is 0.167 e. The van der Waals surface area contributed by atoms with E-state index >= 15 is 0 Å². The Morgan fingerprint density at radius 3 is 2.29 bits per heavy atom. The quantitative estimate of drug-likeness (QED) is 0.765. The average molecular weight is 287 g/mol. The van der Waals surface area contributed by atoms with Gasteiger partial charge in [-0.05, 0) is 24.6 Å². The Kier molecular flexibility index (Phi) is 4.77. The van der Waals surface area contributed by atoms with Crippen molar-refractivity contribution in [1.82, 2.24) is 4.98 Å². The van der Waals surface area contributed by atoms with Crippen LogP contribution in [0.1, 0.15) is 22.8 Å². The molecule has 0 spiro atoms. The van der Waals surface area contributed by atoms with Crippen LogP contribution in [-0.2, 0) is 6.61 Å². The number of aromatic nitrogens is 1. The minimum absolute atomic E-state index is 0.126. The van der Waals surface area contributed by atoms with Gasteiger partial charge in [0.1, 0.15) is 17.9 Å². The van der Waals surface area contributed by atoms with E-state index in [0.717, 1.165) is 11.3 Å². The van der Waals surface area contributed by atoms with E-state index in [1.165, 1.54) is 26.4 Å². The summed E-state index contributed by atoms with van der Waals surface area (Å²) >= 11 is 0. The van der Waals surface area contributed by atoms with Crippen LogP contribution >= 0.6 is 0 Å². The summed E-state index contributed by atoms with van der Waals surface area (Å²) in [5.74, 6) is 1.48. The SMILES string of the molecule is COc1ccc(COc2cncc(OC)c2C(C)=O)cc1. The lowest BCUT2D eigenvalue weighted by atomic mass is 10.1. The molecule has 21 heavy (non-hydrogen) atoms. The van der Waals surface area contributed by atoms with Crippen LogP contribution in [0.3, 0.4) is 0 Å². The largest absolute Gasteiger partial charge is 0.497 e. The Hall–Kier alpha value is -2.56. The zero-order valence-electron chi connectivity index (χ0n) is 12.3. The second-order valence-electron chi connectivity index (χ2n) is 4.41. The maximum absolute atomic E-state index is 11.7. The fraction of sp³-hybridized carbons (Fsp3) is 0.250. The monoisotopic (exact) mass is 287 g/mol. The summed E-state index contributed by atoms with van der Waals surface area (Å²) in [6.07, 6.45) is 3.01. The first-order chi connectivity index (χ1) is 10.2. The van der Waals surface area contributed by atoms with Crippen molar-refractivity contribution in [3.05, 3.63) is 47.8 Å². The van der Waals surface area contributed by atoms with Crippen LogP contribution in [0, 0.1) is 0 Å². The molecule has 2 aromatic rings. The van der Waals surface area contributed by atoms with E-state index < -0.39 is 0 Å². The third-order valence-electron chi connectivity index (χ3n) is 3.00. The highest BCUT2D eigenvalue weighted by molar-refractivity contribution is 5.99. The molecule has 2 rings (SSSR count). The van der Waals surface area contributed by atoms with Gasteiger partial charge in [-0.3, -0.25) is 9.78 Å². The van der Waals surface area contributed by atoms with Crippen LogP contribution in [0.4, 0.5) is 0 Å². The van der Waals surface area contributed by atoms with Crippen molar-refractivity contribution in [2.75, 3.05) is 14.2 Å². The van der Waals surface area contributed by atoms with Gasteiger partial charge in [0, 0.05) is 0 Å². The molecular formula is C16H17NO4. The van der Waals surface area contributed by atoms with Crippen molar-refractivity contribution in [3.63, 3.8) is 0 Å². The number of ketones is 1. The summed E-state index contributed by atoms with van der Waals surface area (Å²) in [5, 5.41) is 0. The lowest BCUT2D eigenvalue weighted by Gasteiger charge is -2.12. The number of rotatable bonds is 6. The highest BCUT2D eigenvalue weighted by Crippen LogP contribution is 2.28. The number of pyridine rings is 1. The second kappa shape index (κ2) is 6.74. The Morgan fingerprint density at radius 2 is 1.71 bits per heavy atom. The van der Waals surface area contributed by atoms with Crippen LogP contribution in [0.25, 0.3) is 0 Å². The fourth-order valence-electron chi connectivity index (χ4n) is 1.92. The number of hydrogen-bond acceptors (Lipinski definition) is 5. The van der Waals surface area contributed by atoms with E-state index in [-0.39, 0.29) is 5.78 Å². The molecule has 0 saturated heterocycles. The molecule has 0 amide bonds. The van der Waals surface area contributed by atoms with Crippen LogP contribution in [-0.4, -0.2) is 25.0 Å². The first-order valence-corrected chi connectivity index (χ1v) is 6.44. The number of benzene rings is 1. The molecule has 110 valence electrons. The van der Waals surface area contributed by atoms with Crippen LogP contribution in [0.15, 0.2) is 36.7 Å². The molecule has 0 fully saturated rings. The van der Waals surface area contributed by atoms with Crippen molar-refractivity contribution in [1.29, 1.82) is 0 Å². The highest BCUT2D eigenvalue weighted by Gasteiger charge is 2.15. The molecule has 0 aliphatic carbocycles. The molecule has 1 aromatic carbocycles. The summed E-state index contributed by atoms with van der Waals surface area (Å²) in [5.41, 5.74) is 1.37. The second-order valence-corrected chi connectivity index (χ2v) is 4.41. The van der Waals surface area contributed by atoms with Gasteiger partial charge in [0.2, 0.25) is 0 Å². The van der Waals surface area contributed by atoms with Gasteiger partial charge < -0.3 is 14.2 Å². The molecule has 0 radical (unpaired) electrons. The van der Waals surface area contributed by atoms with Crippen molar-refractivity contribution in [2.24, 2.45) is 0 Å². The summed E-state index contributed by atoms with van der Waals surface area (Å²) < 4.78 is 15.9. The normalized spacial score (nSPS) is 10.0. The number of methoxy groups -OCH3 is 2. The average Bonchev–Trinajstić information content (AvgIpc) is 2.52. The molecule has 5 nitrogen and oxygen atoms in total.